The molecule has 1 fully saturated rings. The Morgan fingerprint density at radius 1 is 1.19 bits per heavy atom. The van der Waals surface area contributed by atoms with E-state index in [2.05, 4.69) is 37.9 Å². The van der Waals surface area contributed by atoms with Crippen LogP contribution in [0.4, 0.5) is 0 Å². The summed E-state index contributed by atoms with van der Waals surface area (Å²) in [6, 6.07) is 1.45. The van der Waals surface area contributed by atoms with Gasteiger partial charge in [0, 0.05) is 12.1 Å². The third-order valence-electron chi connectivity index (χ3n) is 3.47. The van der Waals surface area contributed by atoms with Crippen LogP contribution in [0.5, 0.6) is 0 Å². The first kappa shape index (κ1) is 14.0. The Kier molecular flexibility index (Phi) is 6.37. The maximum Gasteiger partial charge on any atom is 0.00938 e. The molecule has 0 aromatic heterocycles. The highest BCUT2D eigenvalue weighted by Gasteiger charge is 2.19. The van der Waals surface area contributed by atoms with Crippen LogP contribution in [0.2, 0.25) is 0 Å². The Morgan fingerprint density at radius 3 is 2.31 bits per heavy atom. The summed E-state index contributed by atoms with van der Waals surface area (Å²) in [5, 5.41) is 3.79. The van der Waals surface area contributed by atoms with Crippen molar-refractivity contribution >= 4 is 0 Å². The van der Waals surface area contributed by atoms with Crippen LogP contribution in [0.1, 0.15) is 53.4 Å². The topological polar surface area (TPSA) is 15.3 Å². The minimum Gasteiger partial charge on any atom is -0.311 e. The van der Waals surface area contributed by atoms with Crippen molar-refractivity contribution in [2.75, 3.05) is 19.6 Å². The van der Waals surface area contributed by atoms with Crippen LogP contribution in [0, 0.1) is 5.92 Å². The van der Waals surface area contributed by atoms with Crippen LogP contribution < -0.4 is 5.32 Å². The second-order valence-electron chi connectivity index (χ2n) is 5.81. The smallest absolute Gasteiger partial charge is 0.00938 e. The average molecular weight is 226 g/mol. The molecule has 0 radical (unpaired) electrons. The summed E-state index contributed by atoms with van der Waals surface area (Å²) in [6.45, 7) is 13.1. The highest BCUT2D eigenvalue weighted by Crippen LogP contribution is 2.13. The molecule has 1 N–H and O–H groups in total. The SMILES string of the molecule is CCCN1CCC(NC(C)CC(C)C)CC1. The van der Waals surface area contributed by atoms with E-state index in [9.17, 15) is 0 Å². The second-order valence-corrected chi connectivity index (χ2v) is 5.81. The van der Waals surface area contributed by atoms with Gasteiger partial charge in [0.2, 0.25) is 0 Å². The van der Waals surface area contributed by atoms with E-state index < -0.39 is 0 Å². The van der Waals surface area contributed by atoms with Gasteiger partial charge in [0.15, 0.2) is 0 Å². The number of rotatable bonds is 6. The number of hydrogen-bond donors (Lipinski definition) is 1. The maximum atomic E-state index is 3.79. The van der Waals surface area contributed by atoms with Gasteiger partial charge in [0.1, 0.15) is 0 Å². The van der Waals surface area contributed by atoms with E-state index >= 15 is 0 Å². The van der Waals surface area contributed by atoms with Gasteiger partial charge in [-0.2, -0.15) is 0 Å². The zero-order chi connectivity index (χ0) is 12.0. The Labute approximate surface area is 102 Å². The van der Waals surface area contributed by atoms with Gasteiger partial charge >= 0.3 is 0 Å². The minimum absolute atomic E-state index is 0.683. The highest BCUT2D eigenvalue weighted by molar-refractivity contribution is 4.79. The summed E-state index contributed by atoms with van der Waals surface area (Å²) in [5.74, 6) is 0.808. The first-order valence-electron chi connectivity index (χ1n) is 7.10. The molecule has 2 nitrogen and oxygen atoms in total. The van der Waals surface area contributed by atoms with Crippen molar-refractivity contribution in [3.05, 3.63) is 0 Å². The average Bonchev–Trinajstić information content (AvgIpc) is 2.20. The molecule has 1 aliphatic heterocycles. The van der Waals surface area contributed by atoms with Gasteiger partial charge in [-0.15, -0.1) is 0 Å². The van der Waals surface area contributed by atoms with Crippen molar-refractivity contribution in [1.29, 1.82) is 0 Å². The van der Waals surface area contributed by atoms with E-state index in [4.69, 9.17) is 0 Å². The van der Waals surface area contributed by atoms with Crippen LogP contribution in [0.15, 0.2) is 0 Å². The molecular weight excluding hydrogens is 196 g/mol. The fourth-order valence-corrected chi connectivity index (χ4v) is 2.82. The lowest BCUT2D eigenvalue weighted by atomic mass is 10.0. The number of likely N-dealkylation sites (tertiary alicyclic amines) is 1. The van der Waals surface area contributed by atoms with Crippen molar-refractivity contribution < 1.29 is 0 Å². The molecular formula is C14H30N2. The lowest BCUT2D eigenvalue weighted by Crippen LogP contribution is -2.45. The summed E-state index contributed by atoms with van der Waals surface area (Å²) in [4.78, 5) is 2.60. The van der Waals surface area contributed by atoms with Gasteiger partial charge in [-0.05, 0) is 58.2 Å². The van der Waals surface area contributed by atoms with E-state index in [1.54, 1.807) is 0 Å². The van der Waals surface area contributed by atoms with Gasteiger partial charge < -0.3 is 10.2 Å². The molecule has 96 valence electrons. The fourth-order valence-electron chi connectivity index (χ4n) is 2.82. The fraction of sp³-hybridized carbons (Fsp3) is 1.00. The van der Waals surface area contributed by atoms with Gasteiger partial charge in [0.25, 0.3) is 0 Å². The van der Waals surface area contributed by atoms with Crippen LogP contribution in [-0.2, 0) is 0 Å². The van der Waals surface area contributed by atoms with Crippen molar-refractivity contribution in [1.82, 2.24) is 10.2 Å². The standard InChI is InChI=1S/C14H30N2/c1-5-8-16-9-6-14(7-10-16)15-13(4)11-12(2)3/h12-15H,5-11H2,1-4H3. The largest absolute Gasteiger partial charge is 0.311 e. The molecule has 1 heterocycles. The maximum absolute atomic E-state index is 3.79. The van der Waals surface area contributed by atoms with Gasteiger partial charge in [-0.25, -0.2) is 0 Å². The van der Waals surface area contributed by atoms with Crippen molar-refractivity contribution in [2.45, 2.75) is 65.5 Å². The molecule has 0 spiro atoms. The van der Waals surface area contributed by atoms with Crippen molar-refractivity contribution in [3.63, 3.8) is 0 Å². The normalized spacial score (nSPS) is 21.6. The van der Waals surface area contributed by atoms with Gasteiger partial charge in [-0.3, -0.25) is 0 Å². The molecule has 0 aliphatic carbocycles. The van der Waals surface area contributed by atoms with E-state index in [-0.39, 0.29) is 0 Å². The molecule has 1 rings (SSSR count). The van der Waals surface area contributed by atoms with Crippen molar-refractivity contribution in [3.8, 4) is 0 Å². The number of nitrogens with zero attached hydrogens (tertiary/aromatic N) is 1. The predicted octanol–water partition coefficient (Wildman–Crippen LogP) is 2.89. The summed E-state index contributed by atoms with van der Waals surface area (Å²) < 4.78 is 0. The van der Waals surface area contributed by atoms with E-state index in [1.165, 1.54) is 45.3 Å². The Morgan fingerprint density at radius 2 is 1.81 bits per heavy atom. The molecule has 0 aromatic carbocycles. The third-order valence-corrected chi connectivity index (χ3v) is 3.47. The van der Waals surface area contributed by atoms with E-state index in [0.717, 1.165) is 12.0 Å². The van der Waals surface area contributed by atoms with Crippen LogP contribution in [0.3, 0.4) is 0 Å². The van der Waals surface area contributed by atoms with Gasteiger partial charge in [0.05, 0.1) is 0 Å². The molecule has 0 bridgehead atoms. The first-order valence-corrected chi connectivity index (χ1v) is 7.10. The number of hydrogen-bond acceptors (Lipinski definition) is 2. The molecule has 16 heavy (non-hydrogen) atoms. The number of nitrogens with one attached hydrogen (secondary N) is 1. The zero-order valence-corrected chi connectivity index (χ0v) is 11.6. The quantitative estimate of drug-likeness (QED) is 0.749. The monoisotopic (exact) mass is 226 g/mol. The summed E-state index contributed by atoms with van der Waals surface area (Å²) >= 11 is 0. The predicted molar refractivity (Wildman–Crippen MR) is 71.8 cm³/mol. The minimum atomic E-state index is 0.683. The lowest BCUT2D eigenvalue weighted by molar-refractivity contribution is 0.189. The van der Waals surface area contributed by atoms with Crippen molar-refractivity contribution in [2.24, 2.45) is 5.92 Å². The Bertz CT molecular complexity index is 172. The van der Waals surface area contributed by atoms with Crippen LogP contribution in [-0.4, -0.2) is 36.6 Å². The summed E-state index contributed by atoms with van der Waals surface area (Å²) in [7, 11) is 0. The highest BCUT2D eigenvalue weighted by atomic mass is 15.1. The third kappa shape index (κ3) is 5.31. The van der Waals surface area contributed by atoms with Crippen LogP contribution in [0.25, 0.3) is 0 Å². The summed E-state index contributed by atoms with van der Waals surface area (Å²) in [5.41, 5.74) is 0. The first-order chi connectivity index (χ1) is 7.61. The second kappa shape index (κ2) is 7.29. The van der Waals surface area contributed by atoms with Gasteiger partial charge in [-0.1, -0.05) is 20.8 Å². The summed E-state index contributed by atoms with van der Waals surface area (Å²) in [6.07, 6.45) is 5.27. The van der Waals surface area contributed by atoms with E-state index in [1.807, 2.05) is 0 Å². The molecule has 1 aliphatic rings. The van der Waals surface area contributed by atoms with E-state index in [0.29, 0.717) is 6.04 Å². The molecule has 0 saturated carbocycles. The molecule has 0 aromatic rings. The Balaban J connectivity index is 2.16. The number of piperidine rings is 1. The molecule has 1 saturated heterocycles. The molecule has 1 unspecified atom stereocenters. The Hall–Kier alpha value is -0.0800. The zero-order valence-electron chi connectivity index (χ0n) is 11.6. The molecule has 2 heteroatoms. The molecule has 1 atom stereocenters. The lowest BCUT2D eigenvalue weighted by Gasteiger charge is -2.34. The van der Waals surface area contributed by atoms with Crippen LogP contribution >= 0.6 is 0 Å². The molecule has 0 amide bonds.